The minimum absolute atomic E-state index is 0.0543. The Balaban J connectivity index is 1.53. The zero-order valence-electron chi connectivity index (χ0n) is 13.7. The fourth-order valence-electron chi connectivity index (χ4n) is 2.93. The Morgan fingerprint density at radius 3 is 2.81 bits per heavy atom. The van der Waals surface area contributed by atoms with Gasteiger partial charge in [0, 0.05) is 12.2 Å². The van der Waals surface area contributed by atoms with Gasteiger partial charge < -0.3 is 9.73 Å². The average molecular weight is 386 g/mol. The molecule has 10 heteroatoms. The van der Waals surface area contributed by atoms with Gasteiger partial charge in [-0.05, 0) is 25.0 Å². The molecule has 2 aromatic heterocycles. The van der Waals surface area contributed by atoms with Gasteiger partial charge in [0.15, 0.2) is 0 Å². The largest absolute Gasteiger partial charge is 0.410 e. The second-order valence-electron chi connectivity index (χ2n) is 5.98. The number of carbonyl (C=O) groups excluding carboxylic acids is 1. The second kappa shape index (κ2) is 8.07. The number of nitrogens with zero attached hydrogens (tertiary/aromatic N) is 3. The van der Waals surface area contributed by atoms with Crippen LogP contribution in [0.2, 0.25) is 0 Å². The van der Waals surface area contributed by atoms with Crippen molar-refractivity contribution in [1.82, 2.24) is 20.5 Å². The molecule has 1 N–H and O–H groups in total. The summed E-state index contributed by atoms with van der Waals surface area (Å²) >= 11 is 0.980. The van der Waals surface area contributed by atoms with Crippen molar-refractivity contribution < 1.29 is 22.4 Å². The molecule has 2 atom stereocenters. The number of hydrogen-bond acceptors (Lipinski definition) is 6. The summed E-state index contributed by atoms with van der Waals surface area (Å²) in [5.41, 5.74) is 0.506. The molecule has 1 aliphatic carbocycles. The first-order chi connectivity index (χ1) is 12.4. The third-order valence-electron chi connectivity index (χ3n) is 4.15. The summed E-state index contributed by atoms with van der Waals surface area (Å²) in [5.74, 6) is -1.83. The standard InChI is InChI=1S/C16H17F3N4O2S/c17-16(18,19)10-5-1-2-6-11(10)21-13(24)9-26-15-23-22-14(25-15)12-7-3-4-8-20-12/h3-4,7-8,10-11H,1-2,5-6,9H2,(H,21,24). The summed E-state index contributed by atoms with van der Waals surface area (Å²) in [6, 6.07) is 4.35. The quantitative estimate of drug-likeness (QED) is 0.793. The average Bonchev–Trinajstić information content (AvgIpc) is 3.09. The molecule has 3 rings (SSSR count). The van der Waals surface area contributed by atoms with E-state index >= 15 is 0 Å². The van der Waals surface area contributed by atoms with Crippen LogP contribution in [0.5, 0.6) is 0 Å². The molecule has 6 nitrogen and oxygen atoms in total. The second-order valence-corrected chi connectivity index (χ2v) is 6.91. The molecule has 1 fully saturated rings. The Morgan fingerprint density at radius 2 is 2.08 bits per heavy atom. The molecule has 140 valence electrons. The Labute approximate surface area is 152 Å². The van der Waals surface area contributed by atoms with Crippen LogP contribution in [0, 0.1) is 5.92 Å². The summed E-state index contributed by atoms with van der Waals surface area (Å²) in [6.45, 7) is 0. The van der Waals surface area contributed by atoms with Gasteiger partial charge in [-0.2, -0.15) is 13.2 Å². The van der Waals surface area contributed by atoms with Crippen LogP contribution in [0.15, 0.2) is 34.0 Å². The number of thioether (sulfide) groups is 1. The van der Waals surface area contributed by atoms with Crippen molar-refractivity contribution in [3.8, 4) is 11.6 Å². The van der Waals surface area contributed by atoms with Gasteiger partial charge in [0.2, 0.25) is 5.91 Å². The molecule has 0 aromatic carbocycles. The van der Waals surface area contributed by atoms with E-state index in [1.165, 1.54) is 0 Å². The number of rotatable bonds is 5. The smallest absolute Gasteiger partial charge is 0.393 e. The van der Waals surface area contributed by atoms with E-state index in [9.17, 15) is 18.0 Å². The summed E-state index contributed by atoms with van der Waals surface area (Å²) in [4.78, 5) is 16.1. The van der Waals surface area contributed by atoms with Gasteiger partial charge >= 0.3 is 6.18 Å². The molecule has 1 aliphatic rings. The molecule has 0 spiro atoms. The van der Waals surface area contributed by atoms with E-state index in [0.29, 0.717) is 25.0 Å². The van der Waals surface area contributed by atoms with Crippen molar-refractivity contribution in [3.05, 3.63) is 24.4 Å². The van der Waals surface area contributed by atoms with Gasteiger partial charge in [0.05, 0.1) is 11.7 Å². The van der Waals surface area contributed by atoms with E-state index in [0.717, 1.165) is 11.8 Å². The molecular formula is C16H17F3N4O2S. The van der Waals surface area contributed by atoms with Crippen LogP contribution in [-0.2, 0) is 4.79 Å². The summed E-state index contributed by atoms with van der Waals surface area (Å²) in [5, 5.41) is 10.3. The van der Waals surface area contributed by atoms with Crippen molar-refractivity contribution >= 4 is 17.7 Å². The first kappa shape index (κ1) is 18.7. The number of nitrogens with one attached hydrogen (secondary N) is 1. The normalized spacial score (nSPS) is 20.7. The molecular weight excluding hydrogens is 369 g/mol. The van der Waals surface area contributed by atoms with Crippen LogP contribution in [0.4, 0.5) is 13.2 Å². The Kier molecular flexibility index (Phi) is 5.80. The van der Waals surface area contributed by atoms with E-state index in [1.807, 2.05) is 0 Å². The highest BCUT2D eigenvalue weighted by Crippen LogP contribution is 2.37. The molecule has 2 heterocycles. The van der Waals surface area contributed by atoms with E-state index in [-0.39, 0.29) is 23.3 Å². The molecule has 1 amide bonds. The molecule has 2 unspecified atom stereocenters. The highest BCUT2D eigenvalue weighted by atomic mass is 32.2. The Bertz CT molecular complexity index is 739. The maximum absolute atomic E-state index is 13.1. The van der Waals surface area contributed by atoms with E-state index in [4.69, 9.17) is 4.42 Å². The zero-order valence-corrected chi connectivity index (χ0v) is 14.5. The molecule has 0 saturated heterocycles. The third-order valence-corrected chi connectivity index (χ3v) is 4.97. The van der Waals surface area contributed by atoms with Gasteiger partial charge in [0.25, 0.3) is 11.1 Å². The molecule has 0 bridgehead atoms. The molecule has 1 saturated carbocycles. The minimum Gasteiger partial charge on any atom is -0.410 e. The van der Waals surface area contributed by atoms with Crippen molar-refractivity contribution in [2.45, 2.75) is 43.1 Å². The first-order valence-corrected chi connectivity index (χ1v) is 9.16. The lowest BCUT2D eigenvalue weighted by molar-refractivity contribution is -0.189. The lowest BCUT2D eigenvalue weighted by Gasteiger charge is -2.33. The predicted octanol–water partition coefficient (Wildman–Crippen LogP) is 3.46. The maximum Gasteiger partial charge on any atom is 0.393 e. The third kappa shape index (κ3) is 4.75. The van der Waals surface area contributed by atoms with E-state index in [1.54, 1.807) is 24.4 Å². The summed E-state index contributed by atoms with van der Waals surface area (Å²) < 4.78 is 44.6. The zero-order chi connectivity index (χ0) is 18.6. The Hall–Kier alpha value is -2.10. The van der Waals surface area contributed by atoms with Crippen molar-refractivity contribution in [3.63, 3.8) is 0 Å². The van der Waals surface area contributed by atoms with Gasteiger partial charge in [0.1, 0.15) is 5.69 Å². The van der Waals surface area contributed by atoms with E-state index in [2.05, 4.69) is 20.5 Å². The van der Waals surface area contributed by atoms with Crippen molar-refractivity contribution in [2.24, 2.45) is 5.92 Å². The predicted molar refractivity (Wildman–Crippen MR) is 88.2 cm³/mol. The molecule has 0 aliphatic heterocycles. The highest BCUT2D eigenvalue weighted by Gasteiger charge is 2.45. The fourth-order valence-corrected chi connectivity index (χ4v) is 3.51. The van der Waals surface area contributed by atoms with E-state index < -0.39 is 24.0 Å². The number of halogens is 3. The van der Waals surface area contributed by atoms with Gasteiger partial charge in [-0.3, -0.25) is 9.78 Å². The number of pyridine rings is 1. The molecule has 2 aromatic rings. The minimum atomic E-state index is -4.30. The lowest BCUT2D eigenvalue weighted by atomic mass is 9.84. The first-order valence-electron chi connectivity index (χ1n) is 8.17. The van der Waals surface area contributed by atoms with Crippen LogP contribution in [-0.4, -0.2) is 39.1 Å². The monoisotopic (exact) mass is 386 g/mol. The van der Waals surface area contributed by atoms with Gasteiger partial charge in [-0.15, -0.1) is 10.2 Å². The fraction of sp³-hybridized carbons (Fsp3) is 0.500. The van der Waals surface area contributed by atoms with Crippen LogP contribution >= 0.6 is 11.8 Å². The summed E-state index contributed by atoms with van der Waals surface area (Å²) in [6.07, 6.45) is -1.11. The van der Waals surface area contributed by atoms with Crippen LogP contribution in [0.25, 0.3) is 11.6 Å². The highest BCUT2D eigenvalue weighted by molar-refractivity contribution is 7.99. The maximum atomic E-state index is 13.1. The molecule has 0 radical (unpaired) electrons. The Morgan fingerprint density at radius 1 is 1.27 bits per heavy atom. The summed E-state index contributed by atoms with van der Waals surface area (Å²) in [7, 11) is 0. The van der Waals surface area contributed by atoms with Crippen molar-refractivity contribution in [2.75, 3.05) is 5.75 Å². The SMILES string of the molecule is O=C(CSc1nnc(-c2ccccn2)o1)NC1CCCCC1C(F)(F)F. The number of amides is 1. The number of carbonyl (C=O) groups is 1. The molecule has 26 heavy (non-hydrogen) atoms. The lowest BCUT2D eigenvalue weighted by Crippen LogP contribution is -2.48. The van der Waals surface area contributed by atoms with Crippen molar-refractivity contribution in [1.29, 1.82) is 0 Å². The number of aromatic nitrogens is 3. The van der Waals surface area contributed by atoms with Crippen LogP contribution in [0.1, 0.15) is 25.7 Å². The van der Waals surface area contributed by atoms with Gasteiger partial charge in [-0.25, -0.2) is 0 Å². The topological polar surface area (TPSA) is 80.9 Å². The number of alkyl halides is 3. The number of hydrogen-bond donors (Lipinski definition) is 1. The van der Waals surface area contributed by atoms with Crippen LogP contribution < -0.4 is 5.32 Å². The van der Waals surface area contributed by atoms with Crippen LogP contribution in [0.3, 0.4) is 0 Å². The van der Waals surface area contributed by atoms with Gasteiger partial charge in [-0.1, -0.05) is 30.7 Å².